The average Bonchev–Trinajstić information content (AvgIpc) is 1.62. The van der Waals surface area contributed by atoms with Crippen molar-refractivity contribution in [2.75, 3.05) is 95.5 Å². The van der Waals surface area contributed by atoms with E-state index in [-0.39, 0.29) is 36.1 Å². The van der Waals surface area contributed by atoms with Crippen LogP contribution in [0.3, 0.4) is 0 Å². The van der Waals surface area contributed by atoms with Crippen LogP contribution in [0.1, 0.15) is 280 Å². The summed E-state index contributed by atoms with van der Waals surface area (Å²) in [7, 11) is 4.22. The van der Waals surface area contributed by atoms with Gasteiger partial charge >= 0.3 is 0 Å². The molecule has 3 amide bonds. The Morgan fingerprint density at radius 2 is 0.689 bits per heavy atom. The Kier molecular flexibility index (Phi) is 26.3. The van der Waals surface area contributed by atoms with Gasteiger partial charge < -0.3 is 69.5 Å². The van der Waals surface area contributed by atoms with E-state index < -0.39 is 0 Å². The molecule has 4 saturated carbocycles. The molecule has 6 aromatic heterocycles. The average molecular weight is 1460 g/mol. The minimum Gasteiger partial charge on any atom is -0.393 e. The number of fused-ring (bicyclic) bond motifs is 3. The lowest BCUT2D eigenvalue weighted by Gasteiger charge is -2.40. The van der Waals surface area contributed by atoms with Gasteiger partial charge in [-0.05, 0) is 243 Å². The maximum atomic E-state index is 13.2. The highest BCUT2D eigenvalue weighted by Gasteiger charge is 2.39. The molecule has 5 aliphatic heterocycles. The number of carbonyl (C=O) groups is 3. The van der Waals surface area contributed by atoms with E-state index in [0.29, 0.717) is 89.6 Å². The lowest BCUT2D eigenvalue weighted by Crippen LogP contribution is -2.53. The summed E-state index contributed by atoms with van der Waals surface area (Å²) in [6.45, 7) is 22.1. The van der Waals surface area contributed by atoms with Gasteiger partial charge in [-0.25, -0.2) is 15.0 Å². The first-order chi connectivity index (χ1) is 51.4. The predicted octanol–water partition coefficient (Wildman–Crippen LogP) is 13.3. The molecule has 11 heterocycles. The molecule has 582 valence electrons. The summed E-state index contributed by atoms with van der Waals surface area (Å²) < 4.78 is 7.12. The van der Waals surface area contributed by atoms with Gasteiger partial charge in [0.15, 0.2) is 0 Å². The van der Waals surface area contributed by atoms with Crippen molar-refractivity contribution in [3.8, 4) is 0 Å². The van der Waals surface area contributed by atoms with E-state index in [1.807, 2.05) is 18.6 Å². The maximum Gasteiger partial charge on any atom is 0.228 e. The van der Waals surface area contributed by atoms with Crippen molar-refractivity contribution >= 4 is 68.7 Å². The summed E-state index contributed by atoms with van der Waals surface area (Å²) in [5.41, 5.74) is 7.05. The Balaban J connectivity index is 0.000000141. The summed E-state index contributed by atoms with van der Waals surface area (Å²) in [6.07, 6.45) is 41.4. The summed E-state index contributed by atoms with van der Waals surface area (Å²) in [6, 6.07) is 2.11. The van der Waals surface area contributed by atoms with Gasteiger partial charge in [-0.3, -0.25) is 14.4 Å². The Labute approximate surface area is 630 Å². The first kappa shape index (κ1) is 77.6. The molecule has 0 aromatic carbocycles. The second kappa shape index (κ2) is 35.9. The molecule has 4 aliphatic carbocycles. The molecule has 6 N–H and O–H groups in total. The Hall–Kier alpha value is -6.53. The molecule has 9 fully saturated rings. The highest BCUT2D eigenvalue weighted by molar-refractivity contribution is 5.85. The standard InChI is InChI=1S/C29H46N6O2.C27H42N6O2.C27H41N5O2/c1-4-5-20(2)31-29-30-18-25-26(19-35(27(25)32-29)23-6-8-24(36)9-7-23)21-12-16-34(17-13-21)28(37)22-10-14-33(3)15-11-22;1-4-5-18(2)29-27-28-14-23-24(17-33(25(23)30-27)21-6-8-22(34)9-7-21)19-10-12-32(13-11-19)26(35)20-15-31(3)16-20;1-3-5-18(2)29-27-28-16-23-24(17-32(25(23)30-27)21-8-10-22(33)11-9-21)19-12-14-31(15-13-19)26(34)20-6-4-7-20/h18-24,36H,4-17H2,1-3H3,(H,30,31,32);14,17-22,34H,4-13,15-16H2,1-3H3,(H,28,29,30);16-22,33H,3-15H2,1-2H3,(H,28,29,30)/t20-,23?,24?;2*18-,21?,22?/m000/s1. The number of rotatable bonds is 21. The van der Waals surface area contributed by atoms with E-state index in [2.05, 4.69) is 128 Å². The van der Waals surface area contributed by atoms with Gasteiger partial charge in [-0.2, -0.15) is 15.0 Å². The van der Waals surface area contributed by atoms with Crippen LogP contribution in [-0.4, -0.2) is 217 Å². The Morgan fingerprint density at radius 1 is 0.396 bits per heavy atom. The molecule has 0 radical (unpaired) electrons. The highest BCUT2D eigenvalue weighted by Crippen LogP contribution is 2.44. The SMILES string of the molecule is CCC[C@H](C)Nc1ncc2c(C3CCN(C(=O)C4CCC4)CC3)cn(C3CCC(O)CC3)c2n1.CCC[C@H](C)Nc1ncc2c(C3CCN(C(=O)C4CCN(C)CC4)CC3)cn(C3CCC(O)CC3)c2n1.CCC[C@H](C)Nc1ncc2c(C3CCN(C(=O)C4CN(C)C4)CC3)cn(C3CCC(O)CC3)c2n1. The monoisotopic (exact) mass is 1460 g/mol. The third kappa shape index (κ3) is 18.5. The third-order valence-electron chi connectivity index (χ3n) is 26.0. The van der Waals surface area contributed by atoms with Gasteiger partial charge in [0.05, 0.1) is 24.2 Å². The Bertz CT molecular complexity index is 3830. The zero-order valence-corrected chi connectivity index (χ0v) is 65.5. The van der Waals surface area contributed by atoms with Crippen LogP contribution in [-0.2, 0) is 14.4 Å². The third-order valence-corrected chi connectivity index (χ3v) is 26.0. The molecule has 9 aliphatic rings. The number of hydrogen-bond donors (Lipinski definition) is 6. The molecule has 23 heteroatoms. The van der Waals surface area contributed by atoms with Crippen LogP contribution in [0.25, 0.3) is 33.1 Å². The number of likely N-dealkylation sites (tertiary alicyclic amines) is 5. The summed E-state index contributed by atoms with van der Waals surface area (Å²) >= 11 is 0. The van der Waals surface area contributed by atoms with Crippen molar-refractivity contribution < 1.29 is 29.7 Å². The van der Waals surface area contributed by atoms with Gasteiger partial charge in [0.25, 0.3) is 0 Å². The smallest absolute Gasteiger partial charge is 0.228 e. The zero-order valence-electron chi connectivity index (χ0n) is 65.5. The Morgan fingerprint density at radius 3 is 0.962 bits per heavy atom. The molecule has 106 heavy (non-hydrogen) atoms. The van der Waals surface area contributed by atoms with Crippen LogP contribution in [0.15, 0.2) is 37.2 Å². The van der Waals surface area contributed by atoms with Crippen molar-refractivity contribution in [3.63, 3.8) is 0 Å². The van der Waals surface area contributed by atoms with Gasteiger partial charge in [0, 0.05) is 154 Å². The normalized spacial score (nSPS) is 25.4. The first-order valence-electron chi connectivity index (χ1n) is 42.1. The fourth-order valence-corrected chi connectivity index (χ4v) is 19.1. The molecule has 0 bridgehead atoms. The number of aliphatic hydroxyl groups is 3. The molecule has 0 spiro atoms. The minimum absolute atomic E-state index is 0.170. The van der Waals surface area contributed by atoms with Crippen LogP contribution < -0.4 is 16.0 Å². The highest BCUT2D eigenvalue weighted by atomic mass is 16.3. The predicted molar refractivity (Wildman–Crippen MR) is 421 cm³/mol. The summed E-state index contributed by atoms with van der Waals surface area (Å²) in [5, 5.41) is 44.1. The molecule has 15 rings (SSSR count). The van der Waals surface area contributed by atoms with Gasteiger partial charge in [-0.1, -0.05) is 46.5 Å². The molecule has 23 nitrogen and oxygen atoms in total. The quantitative estimate of drug-likeness (QED) is 0.0391. The fraction of sp³-hybridized carbons (Fsp3) is 0.747. The first-order valence-corrected chi connectivity index (χ1v) is 42.1. The van der Waals surface area contributed by atoms with E-state index in [9.17, 15) is 29.7 Å². The van der Waals surface area contributed by atoms with Crippen LogP contribution in [0.2, 0.25) is 0 Å². The number of aromatic nitrogens is 9. The number of aliphatic hydroxyl groups excluding tert-OH is 3. The van der Waals surface area contributed by atoms with Gasteiger partial charge in [-0.15, -0.1) is 0 Å². The lowest BCUT2D eigenvalue weighted by molar-refractivity contribution is -0.141. The van der Waals surface area contributed by atoms with Crippen LogP contribution in [0, 0.1) is 17.8 Å². The number of piperidine rings is 4. The lowest BCUT2D eigenvalue weighted by atomic mass is 9.83. The number of anilines is 3. The van der Waals surface area contributed by atoms with E-state index in [1.54, 1.807) is 0 Å². The fourth-order valence-electron chi connectivity index (χ4n) is 19.1. The maximum absolute atomic E-state index is 13.2. The molecular formula is C83H129N17O6. The second-order valence-corrected chi connectivity index (χ2v) is 34.1. The van der Waals surface area contributed by atoms with Crippen molar-refractivity contribution in [1.29, 1.82) is 0 Å². The summed E-state index contributed by atoms with van der Waals surface area (Å²) in [5.74, 6) is 5.15. The molecule has 0 unspecified atom stereocenters. The number of carbonyl (C=O) groups excluding carboxylic acids is 3. The molecule has 6 aromatic rings. The van der Waals surface area contributed by atoms with Gasteiger partial charge in [0.1, 0.15) is 16.9 Å². The second-order valence-electron chi connectivity index (χ2n) is 34.1. The number of hydrogen-bond acceptors (Lipinski definition) is 17. The van der Waals surface area contributed by atoms with Crippen molar-refractivity contribution in [2.24, 2.45) is 17.8 Å². The number of amides is 3. The summed E-state index contributed by atoms with van der Waals surface area (Å²) in [4.78, 5) is 78.8. The van der Waals surface area contributed by atoms with Gasteiger partial charge in [0.2, 0.25) is 35.6 Å². The van der Waals surface area contributed by atoms with Crippen molar-refractivity contribution in [1.82, 2.24) is 68.1 Å². The van der Waals surface area contributed by atoms with Crippen LogP contribution in [0.5, 0.6) is 0 Å². The molecule has 3 atom stereocenters. The molecule has 5 saturated heterocycles. The number of nitrogens with zero attached hydrogens (tertiary/aromatic N) is 14. The van der Waals surface area contributed by atoms with E-state index in [4.69, 9.17) is 29.9 Å². The van der Waals surface area contributed by atoms with Crippen molar-refractivity contribution in [3.05, 3.63) is 53.9 Å². The van der Waals surface area contributed by atoms with Crippen molar-refractivity contribution in [2.45, 2.75) is 300 Å². The van der Waals surface area contributed by atoms with E-state index >= 15 is 0 Å². The minimum atomic E-state index is -0.175. The van der Waals surface area contributed by atoms with Crippen LogP contribution >= 0.6 is 0 Å². The largest absolute Gasteiger partial charge is 0.393 e. The molecular weight excluding hydrogens is 1330 g/mol. The van der Waals surface area contributed by atoms with Crippen LogP contribution in [0.4, 0.5) is 17.8 Å². The van der Waals surface area contributed by atoms with E-state index in [0.717, 1.165) is 278 Å². The topological polar surface area (TPSA) is 256 Å². The van der Waals surface area contributed by atoms with E-state index in [1.165, 1.54) is 23.1 Å². The number of nitrogens with one attached hydrogen (secondary N) is 3. The zero-order chi connectivity index (χ0) is 74.1.